The van der Waals surface area contributed by atoms with Crippen LogP contribution in [-0.4, -0.2) is 53.7 Å². The topological polar surface area (TPSA) is 60.9 Å². The maximum absolute atomic E-state index is 13.6. The molecule has 0 saturated carbocycles. The van der Waals surface area contributed by atoms with Gasteiger partial charge in [0.05, 0.1) is 23.4 Å². The third kappa shape index (κ3) is 3.83. The monoisotopic (exact) mass is 457 g/mol. The van der Waals surface area contributed by atoms with Gasteiger partial charge in [0.2, 0.25) is 0 Å². The summed E-state index contributed by atoms with van der Waals surface area (Å²) >= 11 is 0. The van der Waals surface area contributed by atoms with E-state index in [1.807, 2.05) is 42.2 Å². The molecule has 0 spiro atoms. The molecule has 0 N–H and O–H groups in total. The van der Waals surface area contributed by atoms with Crippen molar-refractivity contribution in [3.63, 3.8) is 0 Å². The molecule has 3 aromatic carbocycles. The molecule has 2 heterocycles. The van der Waals surface area contributed by atoms with Gasteiger partial charge in [0.1, 0.15) is 5.82 Å². The molecule has 34 heavy (non-hydrogen) atoms. The van der Waals surface area contributed by atoms with E-state index in [4.69, 9.17) is 0 Å². The number of hydrogen-bond acceptors (Lipinski definition) is 4. The van der Waals surface area contributed by atoms with Crippen LogP contribution in [0.1, 0.15) is 42.2 Å². The summed E-state index contributed by atoms with van der Waals surface area (Å²) in [6, 6.07) is 18.7. The van der Waals surface area contributed by atoms with Crippen molar-refractivity contribution in [1.29, 1.82) is 0 Å². The third-order valence-electron chi connectivity index (χ3n) is 6.49. The van der Waals surface area contributed by atoms with E-state index in [1.165, 1.54) is 17.0 Å². The Morgan fingerprint density at radius 1 is 0.882 bits per heavy atom. The summed E-state index contributed by atoms with van der Waals surface area (Å²) in [7, 11) is 0. The normalized spacial score (nSPS) is 15.6. The number of piperazine rings is 1. The van der Waals surface area contributed by atoms with Gasteiger partial charge in [0, 0.05) is 31.7 Å². The molecule has 2 aliphatic rings. The first-order valence-electron chi connectivity index (χ1n) is 11.3. The Morgan fingerprint density at radius 3 is 2.35 bits per heavy atom. The molecule has 172 valence electrons. The van der Waals surface area contributed by atoms with Crippen LogP contribution in [0.4, 0.5) is 10.1 Å². The van der Waals surface area contributed by atoms with Crippen molar-refractivity contribution >= 4 is 23.4 Å². The second-order valence-electron chi connectivity index (χ2n) is 8.62. The Balaban J connectivity index is 1.34. The van der Waals surface area contributed by atoms with Gasteiger partial charge in [0.25, 0.3) is 17.7 Å². The summed E-state index contributed by atoms with van der Waals surface area (Å²) in [5, 5.41) is 0. The lowest BCUT2D eigenvalue weighted by Gasteiger charge is -2.37. The molecule has 2 aliphatic heterocycles. The van der Waals surface area contributed by atoms with Crippen LogP contribution in [0.2, 0.25) is 0 Å². The number of rotatable bonds is 4. The summed E-state index contributed by atoms with van der Waals surface area (Å²) in [4.78, 5) is 44.3. The Labute approximate surface area is 197 Å². The van der Waals surface area contributed by atoms with Crippen molar-refractivity contribution in [2.24, 2.45) is 0 Å². The molecular weight excluding hydrogens is 433 g/mol. The van der Waals surface area contributed by atoms with E-state index < -0.39 is 5.82 Å². The number of nitrogens with zero attached hydrogens (tertiary/aromatic N) is 3. The number of benzene rings is 3. The number of anilines is 1. The number of amides is 3. The van der Waals surface area contributed by atoms with Crippen molar-refractivity contribution in [2.75, 3.05) is 31.1 Å². The minimum absolute atomic E-state index is 0.00330. The van der Waals surface area contributed by atoms with Crippen LogP contribution >= 0.6 is 0 Å². The van der Waals surface area contributed by atoms with E-state index in [0.717, 1.165) is 5.56 Å². The second kappa shape index (κ2) is 8.74. The van der Waals surface area contributed by atoms with E-state index >= 15 is 0 Å². The maximum Gasteiger partial charge on any atom is 0.263 e. The van der Waals surface area contributed by atoms with Crippen molar-refractivity contribution in [3.8, 4) is 0 Å². The fourth-order valence-corrected chi connectivity index (χ4v) is 4.67. The SMILES string of the molecule is Cc1ccccc1C(=O)N1CCN(c2cccc3c2C(=O)N(Cc2cccc(F)c2)C3=O)CC1. The molecule has 0 aliphatic carbocycles. The lowest BCUT2D eigenvalue weighted by molar-refractivity contribution is 0.0640. The predicted molar refractivity (Wildman–Crippen MR) is 126 cm³/mol. The van der Waals surface area contributed by atoms with Gasteiger partial charge in [-0.1, -0.05) is 36.4 Å². The minimum Gasteiger partial charge on any atom is -0.367 e. The molecule has 7 heteroatoms. The molecule has 0 atom stereocenters. The van der Waals surface area contributed by atoms with Crippen LogP contribution < -0.4 is 4.90 Å². The molecule has 0 bridgehead atoms. The summed E-state index contributed by atoms with van der Waals surface area (Å²) < 4.78 is 13.6. The van der Waals surface area contributed by atoms with Crippen LogP contribution in [0.25, 0.3) is 0 Å². The van der Waals surface area contributed by atoms with Crippen LogP contribution in [0.15, 0.2) is 66.7 Å². The van der Waals surface area contributed by atoms with Crippen molar-refractivity contribution in [3.05, 3.63) is 100 Å². The number of hydrogen-bond donors (Lipinski definition) is 0. The summed E-state index contributed by atoms with van der Waals surface area (Å²) in [5.74, 6) is -1.16. The number of carbonyl (C=O) groups is 3. The zero-order valence-corrected chi connectivity index (χ0v) is 18.8. The van der Waals surface area contributed by atoms with Gasteiger partial charge < -0.3 is 9.80 Å². The highest BCUT2D eigenvalue weighted by molar-refractivity contribution is 6.23. The van der Waals surface area contributed by atoms with Crippen molar-refractivity contribution < 1.29 is 18.8 Å². The Kier molecular flexibility index (Phi) is 5.61. The van der Waals surface area contributed by atoms with Crippen LogP contribution in [-0.2, 0) is 6.54 Å². The maximum atomic E-state index is 13.6. The van der Waals surface area contributed by atoms with Gasteiger partial charge in [-0.15, -0.1) is 0 Å². The van der Waals surface area contributed by atoms with E-state index in [1.54, 1.807) is 24.3 Å². The molecule has 0 aromatic heterocycles. The number of halogens is 1. The number of fused-ring (bicyclic) bond motifs is 1. The highest BCUT2D eigenvalue weighted by Gasteiger charge is 2.39. The van der Waals surface area contributed by atoms with E-state index in [2.05, 4.69) is 4.90 Å². The van der Waals surface area contributed by atoms with Gasteiger partial charge in [0.15, 0.2) is 0 Å². The fourth-order valence-electron chi connectivity index (χ4n) is 4.67. The van der Waals surface area contributed by atoms with Gasteiger partial charge in [-0.3, -0.25) is 19.3 Å². The van der Waals surface area contributed by atoms with Crippen LogP contribution in [0.5, 0.6) is 0 Å². The Morgan fingerprint density at radius 2 is 1.62 bits per heavy atom. The fraction of sp³-hybridized carbons (Fsp3) is 0.222. The summed E-state index contributed by atoms with van der Waals surface area (Å²) in [6.45, 7) is 4.09. The van der Waals surface area contributed by atoms with Gasteiger partial charge in [-0.05, 0) is 48.4 Å². The molecule has 0 radical (unpaired) electrons. The molecule has 3 aromatic rings. The van der Waals surface area contributed by atoms with Crippen molar-refractivity contribution in [1.82, 2.24) is 9.80 Å². The lowest BCUT2D eigenvalue weighted by Crippen LogP contribution is -2.49. The molecule has 3 amide bonds. The quantitative estimate of drug-likeness (QED) is 0.558. The first kappa shape index (κ1) is 21.8. The first-order valence-corrected chi connectivity index (χ1v) is 11.3. The van der Waals surface area contributed by atoms with Crippen molar-refractivity contribution in [2.45, 2.75) is 13.5 Å². The average molecular weight is 458 g/mol. The highest BCUT2D eigenvalue weighted by Crippen LogP contribution is 2.33. The molecular formula is C27H24FN3O3. The first-order chi connectivity index (χ1) is 16.4. The zero-order valence-electron chi connectivity index (χ0n) is 18.8. The largest absolute Gasteiger partial charge is 0.367 e. The second-order valence-corrected chi connectivity index (χ2v) is 8.62. The van der Waals surface area contributed by atoms with Crippen LogP contribution in [0.3, 0.4) is 0 Å². The summed E-state index contributed by atoms with van der Waals surface area (Å²) in [5.41, 5.74) is 3.63. The summed E-state index contributed by atoms with van der Waals surface area (Å²) in [6.07, 6.45) is 0. The van der Waals surface area contributed by atoms with E-state index in [9.17, 15) is 18.8 Å². The van der Waals surface area contributed by atoms with Gasteiger partial charge in [-0.2, -0.15) is 0 Å². The Bertz CT molecular complexity index is 1300. The number of carbonyl (C=O) groups excluding carboxylic acids is 3. The molecule has 1 saturated heterocycles. The average Bonchev–Trinajstić information content (AvgIpc) is 3.09. The van der Waals surface area contributed by atoms with Gasteiger partial charge >= 0.3 is 0 Å². The third-order valence-corrected chi connectivity index (χ3v) is 6.49. The Hall–Kier alpha value is -4.00. The van der Waals surface area contributed by atoms with Gasteiger partial charge in [-0.25, -0.2) is 4.39 Å². The van der Waals surface area contributed by atoms with Crippen LogP contribution in [0, 0.1) is 12.7 Å². The molecule has 5 rings (SSSR count). The highest BCUT2D eigenvalue weighted by atomic mass is 19.1. The molecule has 6 nitrogen and oxygen atoms in total. The van der Waals surface area contributed by atoms with E-state index in [-0.39, 0.29) is 24.3 Å². The smallest absolute Gasteiger partial charge is 0.263 e. The predicted octanol–water partition coefficient (Wildman–Crippen LogP) is 3.89. The van der Waals surface area contributed by atoms with E-state index in [0.29, 0.717) is 54.1 Å². The minimum atomic E-state index is -0.409. The lowest BCUT2D eigenvalue weighted by atomic mass is 10.1. The number of aryl methyl sites for hydroxylation is 1. The molecule has 1 fully saturated rings. The standard InChI is InChI=1S/C27H24FN3O3/c1-18-6-2-3-9-21(18)25(32)30-14-12-29(13-15-30)23-11-5-10-22-24(23)27(34)31(26(22)33)17-19-7-4-8-20(28)16-19/h2-11,16H,12-15,17H2,1H3. The zero-order chi connectivity index (χ0) is 23.8. The molecule has 0 unspecified atom stereocenters. The number of imide groups is 1.